The predicted molar refractivity (Wildman–Crippen MR) is 87.6 cm³/mol. The van der Waals surface area contributed by atoms with Gasteiger partial charge in [0, 0.05) is 31.6 Å². The first kappa shape index (κ1) is 17.0. The van der Waals surface area contributed by atoms with Crippen molar-refractivity contribution in [2.45, 2.75) is 45.8 Å². The molecular formula is C18H27NO3. The summed E-state index contributed by atoms with van der Waals surface area (Å²) < 4.78 is 11.5. The smallest absolute Gasteiger partial charge is 0.162 e. The second-order valence-electron chi connectivity index (χ2n) is 6.02. The molecule has 0 amide bonds. The zero-order valence-electron chi connectivity index (χ0n) is 13.9. The van der Waals surface area contributed by atoms with Crippen LogP contribution in [0.15, 0.2) is 24.3 Å². The number of benzene rings is 1. The highest BCUT2D eigenvalue weighted by molar-refractivity contribution is 5.95. The van der Waals surface area contributed by atoms with E-state index in [2.05, 4.69) is 18.7 Å². The molecule has 0 N–H and O–H groups in total. The highest BCUT2D eigenvalue weighted by Crippen LogP contribution is 2.14. The van der Waals surface area contributed by atoms with E-state index < -0.39 is 0 Å². The van der Waals surface area contributed by atoms with E-state index in [1.165, 1.54) is 0 Å². The number of rotatable bonds is 7. The summed E-state index contributed by atoms with van der Waals surface area (Å²) in [5.74, 6) is 0.999. The summed E-state index contributed by atoms with van der Waals surface area (Å²) in [5, 5.41) is 0. The van der Waals surface area contributed by atoms with E-state index in [1.54, 1.807) is 0 Å². The van der Waals surface area contributed by atoms with Gasteiger partial charge < -0.3 is 9.47 Å². The zero-order chi connectivity index (χ0) is 15.9. The van der Waals surface area contributed by atoms with Gasteiger partial charge in [-0.05, 0) is 44.5 Å². The number of Topliss-reactive ketones (excluding diaryl/α,β-unsaturated/α-hetero) is 1. The highest BCUT2D eigenvalue weighted by Gasteiger charge is 2.21. The Morgan fingerprint density at radius 1 is 1.23 bits per heavy atom. The van der Waals surface area contributed by atoms with E-state index in [4.69, 9.17) is 9.47 Å². The molecule has 2 atom stereocenters. The Morgan fingerprint density at radius 2 is 1.86 bits per heavy atom. The van der Waals surface area contributed by atoms with E-state index in [0.29, 0.717) is 25.2 Å². The molecule has 22 heavy (non-hydrogen) atoms. The molecular weight excluding hydrogens is 278 g/mol. The van der Waals surface area contributed by atoms with E-state index >= 15 is 0 Å². The van der Waals surface area contributed by atoms with Crippen LogP contribution in [0.3, 0.4) is 0 Å². The van der Waals surface area contributed by atoms with Gasteiger partial charge in [-0.15, -0.1) is 0 Å². The third-order valence-electron chi connectivity index (χ3n) is 3.88. The molecule has 0 aromatic heterocycles. The molecule has 0 saturated carbocycles. The first-order chi connectivity index (χ1) is 10.6. The second kappa shape index (κ2) is 8.30. The van der Waals surface area contributed by atoms with Crippen LogP contribution >= 0.6 is 0 Å². The standard InChI is InChI=1S/C18H27NO3/c1-4-18(20)16-6-8-17(9-7-16)21-11-5-10-19-12-14(2)22-15(3)13-19/h6-9,14-15H,4-5,10-13H2,1-3H3/t14-,15-/m1/s1. The van der Waals surface area contributed by atoms with Gasteiger partial charge in [-0.2, -0.15) is 0 Å². The number of carbonyl (C=O) groups is 1. The quantitative estimate of drug-likeness (QED) is 0.573. The lowest BCUT2D eigenvalue weighted by molar-refractivity contribution is -0.0686. The van der Waals surface area contributed by atoms with E-state index in [9.17, 15) is 4.79 Å². The highest BCUT2D eigenvalue weighted by atomic mass is 16.5. The molecule has 1 heterocycles. The van der Waals surface area contributed by atoms with Crippen LogP contribution in [0, 0.1) is 0 Å². The zero-order valence-corrected chi connectivity index (χ0v) is 13.9. The molecule has 122 valence electrons. The van der Waals surface area contributed by atoms with Crippen molar-refractivity contribution in [2.24, 2.45) is 0 Å². The van der Waals surface area contributed by atoms with Crippen molar-refractivity contribution in [1.82, 2.24) is 4.90 Å². The van der Waals surface area contributed by atoms with Crippen LogP contribution in [0.25, 0.3) is 0 Å². The van der Waals surface area contributed by atoms with Crippen molar-refractivity contribution in [3.8, 4) is 5.75 Å². The summed E-state index contributed by atoms with van der Waals surface area (Å²) in [5.41, 5.74) is 0.756. The Balaban J connectivity index is 1.69. The number of nitrogens with zero attached hydrogens (tertiary/aromatic N) is 1. The van der Waals surface area contributed by atoms with Gasteiger partial charge in [0.2, 0.25) is 0 Å². The largest absolute Gasteiger partial charge is 0.494 e. The fraction of sp³-hybridized carbons (Fsp3) is 0.611. The van der Waals surface area contributed by atoms with E-state index in [0.717, 1.165) is 37.4 Å². The van der Waals surface area contributed by atoms with Crippen LogP contribution in [0.5, 0.6) is 5.75 Å². The van der Waals surface area contributed by atoms with Crippen LogP contribution in [-0.4, -0.2) is 49.1 Å². The van der Waals surface area contributed by atoms with Crippen molar-refractivity contribution in [1.29, 1.82) is 0 Å². The van der Waals surface area contributed by atoms with Gasteiger partial charge in [-0.3, -0.25) is 9.69 Å². The average Bonchev–Trinajstić information content (AvgIpc) is 2.50. The van der Waals surface area contributed by atoms with Gasteiger partial charge in [0.15, 0.2) is 5.78 Å². The molecule has 1 aliphatic rings. The van der Waals surface area contributed by atoms with Crippen LogP contribution in [0.1, 0.15) is 44.0 Å². The van der Waals surface area contributed by atoms with Crippen LogP contribution in [0.2, 0.25) is 0 Å². The average molecular weight is 305 g/mol. The lowest BCUT2D eigenvalue weighted by Gasteiger charge is -2.35. The topological polar surface area (TPSA) is 38.8 Å². The Kier molecular flexibility index (Phi) is 6.40. The SMILES string of the molecule is CCC(=O)c1ccc(OCCCN2C[C@@H](C)O[C@H](C)C2)cc1. The number of ether oxygens (including phenoxy) is 2. The third kappa shape index (κ3) is 5.11. The van der Waals surface area contributed by atoms with Gasteiger partial charge >= 0.3 is 0 Å². The molecule has 1 aromatic carbocycles. The summed E-state index contributed by atoms with van der Waals surface area (Å²) >= 11 is 0. The van der Waals surface area contributed by atoms with Crippen molar-refractivity contribution < 1.29 is 14.3 Å². The van der Waals surface area contributed by atoms with Gasteiger partial charge in [0.1, 0.15) is 5.75 Å². The summed E-state index contributed by atoms with van der Waals surface area (Å²) in [6.45, 7) is 9.85. The molecule has 0 aliphatic carbocycles. The van der Waals surface area contributed by atoms with E-state index in [-0.39, 0.29) is 5.78 Å². The molecule has 2 rings (SSSR count). The maximum atomic E-state index is 11.6. The molecule has 0 bridgehead atoms. The number of hydrogen-bond acceptors (Lipinski definition) is 4. The van der Waals surface area contributed by atoms with Gasteiger partial charge in [0.05, 0.1) is 18.8 Å². The fourth-order valence-electron chi connectivity index (χ4n) is 2.89. The number of carbonyl (C=O) groups excluding carboxylic acids is 1. The maximum absolute atomic E-state index is 11.6. The Morgan fingerprint density at radius 3 is 2.45 bits per heavy atom. The molecule has 4 heteroatoms. The van der Waals surface area contributed by atoms with Crippen molar-refractivity contribution >= 4 is 5.78 Å². The van der Waals surface area contributed by atoms with E-state index in [1.807, 2.05) is 31.2 Å². The number of hydrogen-bond donors (Lipinski definition) is 0. The summed E-state index contributed by atoms with van der Waals surface area (Å²) in [6, 6.07) is 7.43. The van der Waals surface area contributed by atoms with Gasteiger partial charge in [-0.1, -0.05) is 6.92 Å². The van der Waals surface area contributed by atoms with Gasteiger partial charge in [0.25, 0.3) is 0 Å². The number of ketones is 1. The minimum atomic E-state index is 0.169. The third-order valence-corrected chi connectivity index (χ3v) is 3.88. The normalized spacial score (nSPS) is 22.5. The Hall–Kier alpha value is -1.39. The minimum Gasteiger partial charge on any atom is -0.494 e. The molecule has 1 aromatic rings. The Bertz CT molecular complexity index is 462. The summed E-state index contributed by atoms with van der Waals surface area (Å²) in [7, 11) is 0. The van der Waals surface area contributed by atoms with Gasteiger partial charge in [-0.25, -0.2) is 0 Å². The predicted octanol–water partition coefficient (Wildman–Crippen LogP) is 3.16. The summed E-state index contributed by atoms with van der Waals surface area (Å²) in [4.78, 5) is 14.0. The molecule has 0 unspecified atom stereocenters. The molecule has 0 spiro atoms. The molecule has 1 fully saturated rings. The molecule has 1 aliphatic heterocycles. The monoisotopic (exact) mass is 305 g/mol. The van der Waals surface area contributed by atoms with Crippen molar-refractivity contribution in [3.63, 3.8) is 0 Å². The fourth-order valence-corrected chi connectivity index (χ4v) is 2.89. The number of morpholine rings is 1. The van der Waals surface area contributed by atoms with Crippen LogP contribution in [0.4, 0.5) is 0 Å². The molecule has 4 nitrogen and oxygen atoms in total. The Labute approximate surface area is 133 Å². The lowest BCUT2D eigenvalue weighted by atomic mass is 10.1. The van der Waals surface area contributed by atoms with Crippen molar-refractivity contribution in [2.75, 3.05) is 26.2 Å². The molecule has 1 saturated heterocycles. The van der Waals surface area contributed by atoms with Crippen molar-refractivity contribution in [3.05, 3.63) is 29.8 Å². The maximum Gasteiger partial charge on any atom is 0.162 e. The first-order valence-electron chi connectivity index (χ1n) is 8.22. The summed E-state index contributed by atoms with van der Waals surface area (Å²) in [6.07, 6.45) is 2.16. The first-order valence-corrected chi connectivity index (χ1v) is 8.22. The molecule has 0 radical (unpaired) electrons. The second-order valence-corrected chi connectivity index (χ2v) is 6.02. The van der Waals surface area contributed by atoms with Crippen LogP contribution < -0.4 is 4.74 Å². The lowest BCUT2D eigenvalue weighted by Crippen LogP contribution is -2.45. The van der Waals surface area contributed by atoms with Crippen LogP contribution in [-0.2, 0) is 4.74 Å². The minimum absolute atomic E-state index is 0.169.